The lowest BCUT2D eigenvalue weighted by atomic mass is 9.73. The van der Waals surface area contributed by atoms with E-state index in [9.17, 15) is 24.9 Å². The lowest BCUT2D eigenvalue weighted by Crippen LogP contribution is -2.61. The summed E-state index contributed by atoms with van der Waals surface area (Å²) in [5, 5.41) is 38.6. The van der Waals surface area contributed by atoms with Crippen LogP contribution in [0.1, 0.15) is 65.1 Å². The Balaban J connectivity index is 1.25. The number of ether oxygens (including phenoxy) is 4. The molecule has 0 amide bonds. The molecule has 5 N–H and O–H groups in total. The lowest BCUT2D eigenvalue weighted by Gasteiger charge is -2.46. The molecule has 0 spiro atoms. The number of Topliss-reactive ketones (excluding diaryl/α,β-unsaturated/α-hetero) is 2. The molecule has 10 atom stereocenters. The zero-order valence-electron chi connectivity index (χ0n) is 31.8. The number of allylic oxidation sites excluding steroid dienone is 4. The predicted molar refractivity (Wildman–Crippen MR) is 205 cm³/mol. The summed E-state index contributed by atoms with van der Waals surface area (Å²) >= 11 is 0. The van der Waals surface area contributed by atoms with Crippen molar-refractivity contribution in [1.82, 2.24) is 10.3 Å². The van der Waals surface area contributed by atoms with Crippen LogP contribution in [-0.2, 0) is 35.0 Å². The van der Waals surface area contributed by atoms with Crippen LogP contribution < -0.4 is 5.32 Å². The van der Waals surface area contributed by atoms with E-state index in [1.54, 1.807) is 38.1 Å². The molecule has 2 aromatic rings. The summed E-state index contributed by atoms with van der Waals surface area (Å²) in [4.78, 5) is 36.0. The number of carbonyl (C=O) groups is 2. The molecule has 2 saturated heterocycles. The zero-order chi connectivity index (χ0) is 39.0. The first kappa shape index (κ1) is 38.9. The fourth-order valence-electron chi connectivity index (χ4n) is 8.40. The molecule has 12 heteroatoms. The van der Waals surface area contributed by atoms with Crippen LogP contribution in [0.5, 0.6) is 5.75 Å². The number of rotatable bonds is 9. The number of aromatic nitrogens is 1. The number of carbonyl (C=O) groups excluding carboxylic acids is 2. The minimum absolute atomic E-state index is 0.117. The molecule has 290 valence electrons. The summed E-state index contributed by atoms with van der Waals surface area (Å²) in [6.07, 6.45) is -0.451. The lowest BCUT2D eigenvalue weighted by molar-refractivity contribution is -0.326. The number of H-pyrrole nitrogens is 1. The third-order valence-electron chi connectivity index (χ3n) is 11.3. The van der Waals surface area contributed by atoms with Gasteiger partial charge in [0.05, 0.1) is 36.8 Å². The van der Waals surface area contributed by atoms with Gasteiger partial charge in [-0.2, -0.15) is 0 Å². The van der Waals surface area contributed by atoms with Crippen molar-refractivity contribution in [2.45, 2.75) is 109 Å². The average molecular weight is 752 g/mol. The van der Waals surface area contributed by atoms with Crippen molar-refractivity contribution in [3.63, 3.8) is 0 Å². The third-order valence-corrected chi connectivity index (χ3v) is 11.3. The predicted octanol–water partition coefficient (Wildman–Crippen LogP) is 3.57. The topological polar surface area (TPSA) is 172 Å². The van der Waals surface area contributed by atoms with Gasteiger partial charge in [0.15, 0.2) is 29.7 Å². The van der Waals surface area contributed by atoms with Gasteiger partial charge in [0, 0.05) is 35.5 Å². The van der Waals surface area contributed by atoms with E-state index in [0.29, 0.717) is 54.8 Å². The van der Waals surface area contributed by atoms with E-state index in [1.165, 1.54) is 6.08 Å². The second kappa shape index (κ2) is 16.0. The van der Waals surface area contributed by atoms with E-state index in [0.717, 1.165) is 23.0 Å². The fourth-order valence-corrected chi connectivity index (χ4v) is 8.40. The summed E-state index contributed by atoms with van der Waals surface area (Å²) in [7, 11) is 0. The molecule has 1 aromatic carbocycles. The molecule has 0 saturated carbocycles. The number of likely N-dealkylation sites (N-methyl/N-ethyl adjacent to an activating group) is 1. The molecule has 3 aliphatic heterocycles. The molecule has 4 heterocycles. The Morgan fingerprint density at radius 3 is 2.76 bits per heavy atom. The van der Waals surface area contributed by atoms with Crippen molar-refractivity contribution >= 4 is 28.2 Å². The number of aliphatic imine (C=N–C) groups is 1. The molecule has 0 radical (unpaired) electrons. The van der Waals surface area contributed by atoms with Gasteiger partial charge in [-0.3, -0.25) is 14.6 Å². The first-order valence-electron chi connectivity index (χ1n) is 19.2. The Kier molecular flexibility index (Phi) is 11.3. The summed E-state index contributed by atoms with van der Waals surface area (Å²) in [5.41, 5.74) is 1.78. The Hall–Kier alpha value is -4.37. The monoisotopic (exact) mass is 751 g/mol. The molecular weight excluding hydrogens is 702 g/mol. The highest BCUT2D eigenvalue weighted by atomic mass is 16.7. The number of aromatic hydroxyl groups is 1. The van der Waals surface area contributed by atoms with Gasteiger partial charge < -0.3 is 44.6 Å². The standard InChI is InChI=1S/C43H49N3O9/c1-6-12-29-35-24(4)32(48)21-43(29,51)17-11-9-8-10-13-33(35)54-42-41(55-34-19-23(3)31(22-52-34)44-7-2)40(50)36(25(5)53-42)39(49)38-37-27(16-18-45-38)28-20-26(47)14-15-30(28)46-37/h8-9,12,14-15,20,23,25,31,33-34,36,40-42,44,46-47,50-51H,6-7,16,18-19,21-22H2,1-5H3/b9-8-,29-12+/t23?,25?,31?,33-,34?,36?,40?,41?,42?,43-/m0/s1. The van der Waals surface area contributed by atoms with Gasteiger partial charge in [-0.25, -0.2) is 0 Å². The van der Waals surface area contributed by atoms with E-state index in [1.807, 2.05) is 19.9 Å². The maximum Gasteiger partial charge on any atom is 0.191 e. The number of aromatic amines is 1. The molecule has 7 rings (SSSR count). The first-order valence-corrected chi connectivity index (χ1v) is 19.2. The SMILES string of the molecule is CC/C=C1\C2=C(C)C(=O)C[C@@]1(O)C#C/C=C\C#C[C@@H]2OC1OC(C)C(C(=O)C2=NCCc3c2[nH]c2ccc(O)cc32)C(O)C1OC1CC(C)C(NCC)CO1. The van der Waals surface area contributed by atoms with Crippen LogP contribution in [0.15, 0.2) is 58.1 Å². The van der Waals surface area contributed by atoms with E-state index < -0.39 is 54.3 Å². The van der Waals surface area contributed by atoms with E-state index >= 15 is 0 Å². The minimum Gasteiger partial charge on any atom is -0.508 e. The Bertz CT molecular complexity index is 2110. The number of fused-ring (bicyclic) bond motifs is 5. The van der Waals surface area contributed by atoms with Crippen molar-refractivity contribution in [1.29, 1.82) is 0 Å². The van der Waals surface area contributed by atoms with Gasteiger partial charge in [0.2, 0.25) is 0 Å². The van der Waals surface area contributed by atoms with Crippen LogP contribution in [-0.4, -0.2) is 106 Å². The number of nitrogens with one attached hydrogen (secondary N) is 2. The third kappa shape index (κ3) is 7.49. The summed E-state index contributed by atoms with van der Waals surface area (Å²) in [6, 6.07) is 5.12. The number of aliphatic hydroxyl groups excluding tert-OH is 1. The maximum atomic E-state index is 14.6. The van der Waals surface area contributed by atoms with Gasteiger partial charge in [0.1, 0.15) is 23.7 Å². The molecule has 2 bridgehead atoms. The number of hydrogen-bond donors (Lipinski definition) is 5. The normalized spacial score (nSPS) is 34.6. The number of phenols is 1. The van der Waals surface area contributed by atoms with Crippen LogP contribution in [0.4, 0.5) is 0 Å². The van der Waals surface area contributed by atoms with Gasteiger partial charge in [-0.05, 0) is 86.2 Å². The van der Waals surface area contributed by atoms with Crippen LogP contribution in [0.3, 0.4) is 0 Å². The Morgan fingerprint density at radius 1 is 1.20 bits per heavy atom. The Labute approximate surface area is 321 Å². The van der Waals surface area contributed by atoms with Crippen molar-refractivity contribution in [2.24, 2.45) is 16.8 Å². The van der Waals surface area contributed by atoms with Crippen molar-refractivity contribution in [3.8, 4) is 29.4 Å². The molecule has 1 aromatic heterocycles. The van der Waals surface area contributed by atoms with Gasteiger partial charge in [0.25, 0.3) is 0 Å². The highest BCUT2D eigenvalue weighted by Gasteiger charge is 2.52. The smallest absolute Gasteiger partial charge is 0.191 e. The highest BCUT2D eigenvalue weighted by molar-refractivity contribution is 6.47. The Morgan fingerprint density at radius 2 is 2.00 bits per heavy atom. The molecule has 12 nitrogen and oxygen atoms in total. The number of benzene rings is 1. The van der Waals surface area contributed by atoms with Crippen molar-refractivity contribution in [2.75, 3.05) is 19.7 Å². The van der Waals surface area contributed by atoms with E-state index in [2.05, 4.69) is 45.9 Å². The second-order valence-electron chi connectivity index (χ2n) is 15.0. The van der Waals surface area contributed by atoms with Crippen molar-refractivity contribution < 1.29 is 43.9 Å². The number of hydrogen-bond acceptors (Lipinski definition) is 11. The molecule has 2 fully saturated rings. The average Bonchev–Trinajstić information content (AvgIpc) is 3.52. The number of phenolic OH excluding ortho intramolecular Hbond substituents is 1. The summed E-state index contributed by atoms with van der Waals surface area (Å²) in [6.45, 7) is 10.9. The summed E-state index contributed by atoms with van der Waals surface area (Å²) in [5.74, 6) is 10.2. The molecule has 5 aliphatic rings. The largest absolute Gasteiger partial charge is 0.508 e. The van der Waals surface area contributed by atoms with Crippen LogP contribution in [0.2, 0.25) is 0 Å². The van der Waals surface area contributed by atoms with Crippen LogP contribution >= 0.6 is 0 Å². The maximum absolute atomic E-state index is 14.6. The quantitative estimate of drug-likeness (QED) is 0.239. The summed E-state index contributed by atoms with van der Waals surface area (Å²) < 4.78 is 26.0. The van der Waals surface area contributed by atoms with Crippen LogP contribution in [0, 0.1) is 35.5 Å². The van der Waals surface area contributed by atoms with Gasteiger partial charge in [-0.1, -0.05) is 50.5 Å². The molecule has 55 heavy (non-hydrogen) atoms. The minimum atomic E-state index is -1.77. The zero-order valence-corrected chi connectivity index (χ0v) is 31.8. The van der Waals surface area contributed by atoms with E-state index in [-0.39, 0.29) is 35.6 Å². The number of aliphatic hydroxyl groups is 2. The fraction of sp³-hybridized carbons (Fsp3) is 0.512. The highest BCUT2D eigenvalue weighted by Crippen LogP contribution is 2.41. The van der Waals surface area contributed by atoms with Crippen molar-refractivity contribution in [3.05, 3.63) is 64.4 Å². The number of nitrogens with zero attached hydrogens (tertiary/aromatic N) is 1. The molecule has 2 aliphatic carbocycles. The van der Waals surface area contributed by atoms with Crippen LogP contribution in [0.25, 0.3) is 10.9 Å². The molecular formula is C43H49N3O9. The van der Waals surface area contributed by atoms with E-state index in [4.69, 9.17) is 18.9 Å². The molecule has 8 unspecified atom stereocenters. The second-order valence-corrected chi connectivity index (χ2v) is 15.0. The first-order chi connectivity index (χ1) is 26.4. The number of ketones is 2. The van der Waals surface area contributed by atoms with Gasteiger partial charge >= 0.3 is 0 Å². The van der Waals surface area contributed by atoms with Gasteiger partial charge in [-0.15, -0.1) is 0 Å².